The van der Waals surface area contributed by atoms with Gasteiger partial charge in [-0.2, -0.15) is 0 Å². The van der Waals surface area contributed by atoms with Crippen LogP contribution in [0.25, 0.3) is 0 Å². The number of aryl methyl sites for hydroxylation is 2. The van der Waals surface area contributed by atoms with Gasteiger partial charge in [-0.05, 0) is 65.8 Å². The van der Waals surface area contributed by atoms with Crippen molar-refractivity contribution in [3.63, 3.8) is 0 Å². The van der Waals surface area contributed by atoms with Crippen LogP contribution in [0.1, 0.15) is 59.5 Å². The molecule has 2 aromatic carbocycles. The largest absolute Gasteiger partial charge is 0.339 e. The zero-order valence-electron chi connectivity index (χ0n) is 18.2. The number of benzene rings is 2. The van der Waals surface area contributed by atoms with Gasteiger partial charge in [-0.1, -0.05) is 35.4 Å². The molecule has 0 aliphatic rings. The van der Waals surface area contributed by atoms with Crippen molar-refractivity contribution in [3.05, 3.63) is 70.8 Å². The molecule has 2 rings (SSSR count). The van der Waals surface area contributed by atoms with Gasteiger partial charge in [-0.3, -0.25) is 9.59 Å². The highest BCUT2D eigenvalue weighted by molar-refractivity contribution is 5.94. The van der Waals surface area contributed by atoms with Gasteiger partial charge in [0.05, 0.1) is 0 Å². The van der Waals surface area contributed by atoms with Crippen molar-refractivity contribution in [3.8, 4) is 0 Å². The normalized spacial score (nSPS) is 9.93. The van der Waals surface area contributed by atoms with Gasteiger partial charge >= 0.3 is 0 Å². The van der Waals surface area contributed by atoms with Crippen LogP contribution in [-0.4, -0.2) is 47.8 Å². The fourth-order valence-electron chi connectivity index (χ4n) is 2.94. The van der Waals surface area contributed by atoms with E-state index in [9.17, 15) is 9.59 Å². The fourth-order valence-corrected chi connectivity index (χ4v) is 2.94. The van der Waals surface area contributed by atoms with Crippen LogP contribution in [0.2, 0.25) is 0 Å². The average molecular weight is 383 g/mol. The molecular formula is C24H34N2O2. The third-order valence-electron chi connectivity index (χ3n) is 4.63. The Morgan fingerprint density at radius 3 is 1.21 bits per heavy atom. The highest BCUT2D eigenvalue weighted by Crippen LogP contribution is 2.08. The van der Waals surface area contributed by atoms with Crippen molar-refractivity contribution >= 4 is 11.8 Å². The summed E-state index contributed by atoms with van der Waals surface area (Å²) in [6, 6.07) is 15.4. The minimum absolute atomic E-state index is 0.124. The predicted molar refractivity (Wildman–Crippen MR) is 117 cm³/mol. The average Bonchev–Trinajstić information content (AvgIpc) is 2.70. The van der Waals surface area contributed by atoms with Crippen LogP contribution in [0.4, 0.5) is 0 Å². The number of carbonyl (C=O) groups excluding carboxylic acids is 2. The zero-order valence-corrected chi connectivity index (χ0v) is 18.2. The molecule has 0 unspecified atom stereocenters. The maximum Gasteiger partial charge on any atom is 0.253 e. The van der Waals surface area contributed by atoms with E-state index in [2.05, 4.69) is 0 Å². The molecule has 0 heterocycles. The second-order valence-electron chi connectivity index (χ2n) is 6.69. The Morgan fingerprint density at radius 1 is 0.643 bits per heavy atom. The van der Waals surface area contributed by atoms with E-state index >= 15 is 0 Å². The molecular weight excluding hydrogens is 348 g/mol. The van der Waals surface area contributed by atoms with E-state index in [0.29, 0.717) is 0 Å². The van der Waals surface area contributed by atoms with Gasteiger partial charge in [0.2, 0.25) is 0 Å². The Hall–Kier alpha value is -2.62. The molecule has 0 bridgehead atoms. The third-order valence-corrected chi connectivity index (χ3v) is 4.63. The Morgan fingerprint density at radius 2 is 0.964 bits per heavy atom. The summed E-state index contributed by atoms with van der Waals surface area (Å²) in [5.41, 5.74) is 3.83. The number of nitrogens with zero attached hydrogens (tertiary/aromatic N) is 2. The van der Waals surface area contributed by atoms with Gasteiger partial charge in [-0.25, -0.2) is 0 Å². The molecule has 0 saturated carbocycles. The summed E-state index contributed by atoms with van der Waals surface area (Å²) in [5.74, 6) is 0.248. The molecule has 28 heavy (non-hydrogen) atoms. The molecule has 0 aliphatic heterocycles. The molecule has 2 amide bonds. The van der Waals surface area contributed by atoms with Crippen LogP contribution in [0.15, 0.2) is 48.5 Å². The van der Waals surface area contributed by atoms with E-state index in [1.165, 1.54) is 0 Å². The lowest BCUT2D eigenvalue weighted by molar-refractivity contribution is 0.0765. The lowest BCUT2D eigenvalue weighted by Gasteiger charge is -2.18. The van der Waals surface area contributed by atoms with Crippen molar-refractivity contribution in [2.24, 2.45) is 0 Å². The molecule has 0 atom stereocenters. The van der Waals surface area contributed by atoms with Crippen LogP contribution >= 0.6 is 0 Å². The van der Waals surface area contributed by atoms with Gasteiger partial charge in [0.25, 0.3) is 11.8 Å². The highest BCUT2D eigenvalue weighted by Gasteiger charge is 2.12. The third kappa shape index (κ3) is 6.84. The van der Waals surface area contributed by atoms with E-state index in [0.717, 1.165) is 48.4 Å². The number of rotatable bonds is 6. The summed E-state index contributed by atoms with van der Waals surface area (Å²) in [6.45, 7) is 15.1. The summed E-state index contributed by atoms with van der Waals surface area (Å²) in [5, 5.41) is 0. The van der Waals surface area contributed by atoms with Crippen LogP contribution in [0, 0.1) is 13.8 Å². The van der Waals surface area contributed by atoms with E-state index < -0.39 is 0 Å². The Labute approximate surface area is 170 Å². The number of amides is 2. The van der Waals surface area contributed by atoms with Crippen molar-refractivity contribution in [1.29, 1.82) is 0 Å². The number of hydrogen-bond acceptors (Lipinski definition) is 2. The Balaban J connectivity index is 0.000000280. The molecule has 0 aromatic heterocycles. The summed E-state index contributed by atoms with van der Waals surface area (Å²) < 4.78 is 0. The standard InChI is InChI=1S/2C12H17NO/c2*1-4-13(5-2)12(14)11-8-6-7-10(3)9-11/h2*6-9H,4-5H2,1-3H3. The SMILES string of the molecule is CCN(CC)C(=O)c1cccc(C)c1.CCN(CC)C(=O)c1cccc(C)c1. The monoisotopic (exact) mass is 382 g/mol. The quantitative estimate of drug-likeness (QED) is 0.709. The molecule has 152 valence electrons. The van der Waals surface area contributed by atoms with Gasteiger partial charge in [0.15, 0.2) is 0 Å². The first-order valence-electron chi connectivity index (χ1n) is 10.1. The first kappa shape index (κ1) is 23.4. The van der Waals surface area contributed by atoms with Crippen LogP contribution < -0.4 is 0 Å². The second-order valence-corrected chi connectivity index (χ2v) is 6.69. The van der Waals surface area contributed by atoms with Gasteiger partial charge in [0.1, 0.15) is 0 Å². The minimum atomic E-state index is 0.124. The van der Waals surface area contributed by atoms with E-state index in [1.807, 2.05) is 99.9 Å². The second kappa shape index (κ2) is 12.0. The molecule has 4 heteroatoms. The van der Waals surface area contributed by atoms with Crippen molar-refractivity contribution in [2.75, 3.05) is 26.2 Å². The van der Waals surface area contributed by atoms with Crippen molar-refractivity contribution in [2.45, 2.75) is 41.5 Å². The fraction of sp³-hybridized carbons (Fsp3) is 0.417. The summed E-state index contributed by atoms with van der Waals surface area (Å²) >= 11 is 0. The van der Waals surface area contributed by atoms with E-state index in [1.54, 1.807) is 0 Å². The summed E-state index contributed by atoms with van der Waals surface area (Å²) in [6.07, 6.45) is 0. The summed E-state index contributed by atoms with van der Waals surface area (Å²) in [7, 11) is 0. The topological polar surface area (TPSA) is 40.6 Å². The predicted octanol–water partition coefficient (Wildman–Crippen LogP) is 4.95. The zero-order chi connectivity index (χ0) is 21.1. The smallest absolute Gasteiger partial charge is 0.253 e. The number of carbonyl (C=O) groups is 2. The van der Waals surface area contributed by atoms with Gasteiger partial charge < -0.3 is 9.80 Å². The first-order valence-corrected chi connectivity index (χ1v) is 10.1. The lowest BCUT2D eigenvalue weighted by atomic mass is 10.1. The molecule has 4 nitrogen and oxygen atoms in total. The molecule has 0 aliphatic carbocycles. The van der Waals surface area contributed by atoms with Crippen LogP contribution in [0.5, 0.6) is 0 Å². The Bertz CT molecular complexity index is 697. The van der Waals surface area contributed by atoms with Crippen molar-refractivity contribution < 1.29 is 9.59 Å². The van der Waals surface area contributed by atoms with Crippen LogP contribution in [-0.2, 0) is 0 Å². The van der Waals surface area contributed by atoms with Gasteiger partial charge in [-0.15, -0.1) is 0 Å². The van der Waals surface area contributed by atoms with E-state index in [4.69, 9.17) is 0 Å². The van der Waals surface area contributed by atoms with Crippen LogP contribution in [0.3, 0.4) is 0 Å². The minimum Gasteiger partial charge on any atom is -0.339 e. The Kier molecular flexibility index (Phi) is 10.0. The molecule has 2 aromatic rings. The molecule has 0 saturated heterocycles. The maximum absolute atomic E-state index is 11.9. The molecule has 0 radical (unpaired) electrons. The van der Waals surface area contributed by atoms with Gasteiger partial charge in [0, 0.05) is 37.3 Å². The molecule has 0 spiro atoms. The first-order chi connectivity index (χ1) is 13.4. The molecule has 0 N–H and O–H groups in total. The summed E-state index contributed by atoms with van der Waals surface area (Å²) in [4.78, 5) is 27.4. The lowest BCUT2D eigenvalue weighted by Crippen LogP contribution is -2.30. The van der Waals surface area contributed by atoms with Crippen molar-refractivity contribution in [1.82, 2.24) is 9.80 Å². The number of hydrogen-bond donors (Lipinski definition) is 0. The highest BCUT2D eigenvalue weighted by atomic mass is 16.2. The molecule has 0 fully saturated rings. The van der Waals surface area contributed by atoms with E-state index in [-0.39, 0.29) is 11.8 Å². The maximum atomic E-state index is 11.9.